The molecule has 4 nitrogen and oxygen atoms in total. The first-order valence-electron chi connectivity index (χ1n) is 21.7. The molecule has 0 spiro atoms. The van der Waals surface area contributed by atoms with Gasteiger partial charge in [0.25, 0.3) is 0 Å². The molecular weight excluding hydrogens is 709 g/mol. The lowest BCUT2D eigenvalue weighted by Crippen LogP contribution is -2.51. The Morgan fingerprint density at radius 1 is 0.466 bits per heavy atom. The van der Waals surface area contributed by atoms with Crippen molar-refractivity contribution >= 4 is 60.9 Å². The van der Waals surface area contributed by atoms with Crippen molar-refractivity contribution in [3.63, 3.8) is 0 Å². The van der Waals surface area contributed by atoms with Crippen LogP contribution >= 0.6 is 0 Å². The monoisotopic (exact) mass is 758 g/mol. The average Bonchev–Trinajstić information content (AvgIpc) is 3.84. The van der Waals surface area contributed by atoms with Crippen LogP contribution in [0.25, 0.3) is 55.0 Å². The Morgan fingerprint density at radius 3 is 2.00 bits per heavy atom. The predicted octanol–water partition coefficient (Wildman–Crippen LogP) is 15.2. The first-order valence-corrected chi connectivity index (χ1v) is 21.7. The zero-order valence-electron chi connectivity index (χ0n) is 33.1. The summed E-state index contributed by atoms with van der Waals surface area (Å²) >= 11 is 0. The van der Waals surface area contributed by atoms with Crippen LogP contribution in [0.5, 0.6) is 0 Å². The number of hydrogen-bond acceptors (Lipinski definition) is 4. The zero-order chi connectivity index (χ0) is 38.4. The molecule has 8 aromatic rings. The van der Waals surface area contributed by atoms with Gasteiger partial charge in [-0.25, -0.2) is 0 Å². The molecule has 6 aromatic carbocycles. The fraction of sp³-hybridized carbons (Fsp3) is 0.259. The first-order chi connectivity index (χ1) is 28.7. The van der Waals surface area contributed by atoms with Gasteiger partial charge < -0.3 is 13.7 Å². The van der Waals surface area contributed by atoms with Crippen molar-refractivity contribution in [1.82, 2.24) is 4.90 Å². The van der Waals surface area contributed by atoms with E-state index in [1.807, 2.05) is 12.1 Å². The second kappa shape index (κ2) is 15.2. The number of furan rings is 2. The summed E-state index contributed by atoms with van der Waals surface area (Å²) in [6.45, 7) is 0. The van der Waals surface area contributed by atoms with Crippen LogP contribution in [0, 0.1) is 0 Å². The third-order valence-corrected chi connectivity index (χ3v) is 13.4. The maximum absolute atomic E-state index is 6.49. The molecule has 3 aliphatic rings. The van der Waals surface area contributed by atoms with Crippen molar-refractivity contribution in [2.45, 2.75) is 88.3 Å². The van der Waals surface area contributed by atoms with E-state index in [0.717, 1.165) is 61.7 Å². The number of rotatable bonds is 8. The quantitative estimate of drug-likeness (QED) is 0.154. The van der Waals surface area contributed by atoms with Crippen LogP contribution in [0.1, 0.15) is 75.7 Å². The fourth-order valence-electron chi connectivity index (χ4n) is 10.7. The molecule has 288 valence electrons. The minimum absolute atomic E-state index is 0.523. The third kappa shape index (κ3) is 6.54. The molecule has 11 rings (SSSR count). The molecule has 0 aliphatic heterocycles. The topological polar surface area (TPSA) is 32.8 Å². The van der Waals surface area contributed by atoms with Crippen LogP contribution < -0.4 is 4.90 Å². The summed E-state index contributed by atoms with van der Waals surface area (Å²) in [6.07, 6.45) is 22.4. The molecule has 0 amide bonds. The van der Waals surface area contributed by atoms with E-state index in [-0.39, 0.29) is 0 Å². The van der Waals surface area contributed by atoms with Crippen molar-refractivity contribution in [1.29, 1.82) is 0 Å². The highest BCUT2D eigenvalue weighted by molar-refractivity contribution is 6.15. The molecule has 2 heterocycles. The minimum atomic E-state index is 0.523. The number of hydrogen-bond donors (Lipinski definition) is 0. The SMILES string of the molecule is C1=CCC(N(C2CCCCC2)C2CCCC(c3cccc(N(c4ccc(-c5ccccc5)cc4)c4ccc5oc6cc7oc8ccccc8c7cc6c5c4)c3)C2)C=C1. The zero-order valence-corrected chi connectivity index (χ0v) is 33.1. The van der Waals surface area contributed by atoms with Gasteiger partial charge in [-0.2, -0.15) is 0 Å². The number of nitrogens with zero attached hydrogens (tertiary/aromatic N) is 2. The maximum Gasteiger partial charge on any atom is 0.139 e. The number of fused-ring (bicyclic) bond motifs is 6. The average molecular weight is 759 g/mol. The molecule has 3 aliphatic carbocycles. The molecule has 3 unspecified atom stereocenters. The molecule has 0 saturated heterocycles. The lowest BCUT2D eigenvalue weighted by atomic mass is 9.78. The Bertz CT molecular complexity index is 2780. The van der Waals surface area contributed by atoms with Gasteiger partial charge in [0.1, 0.15) is 22.3 Å². The Hall–Kier alpha value is -5.84. The Labute approximate surface area is 341 Å². The lowest BCUT2D eigenvalue weighted by molar-refractivity contribution is 0.0509. The van der Waals surface area contributed by atoms with Gasteiger partial charge in [-0.05, 0) is 116 Å². The molecule has 4 heteroatoms. The first kappa shape index (κ1) is 35.3. The summed E-state index contributed by atoms with van der Waals surface area (Å²) in [5, 5.41) is 4.44. The maximum atomic E-state index is 6.49. The van der Waals surface area contributed by atoms with Crippen LogP contribution in [0.4, 0.5) is 17.1 Å². The lowest BCUT2D eigenvalue weighted by Gasteiger charge is -2.47. The standard InChI is InChI=1S/C54H50N2O2/c1-4-14-37(15-5-1)38-26-28-43(29-27-38)56(46-30-31-52-48(34-46)50-35-49-47-24-10-11-25-51(47)57-53(49)36-54(50)58-52)45-23-13-17-40(33-45)39-16-12-22-44(32-39)55(41-18-6-2-7-19-41)42-20-8-3-9-21-42/h1-2,4-7,10-11,13-15,17-18,23-31,33-36,39,41-42,44H,3,8-9,12,16,19-22,32H2. The molecule has 0 radical (unpaired) electrons. The second-order valence-corrected chi connectivity index (χ2v) is 16.9. The van der Waals surface area contributed by atoms with Gasteiger partial charge in [0, 0.05) is 62.8 Å². The molecule has 2 fully saturated rings. The van der Waals surface area contributed by atoms with Crippen molar-refractivity contribution in [3.05, 3.63) is 163 Å². The number of benzene rings is 6. The van der Waals surface area contributed by atoms with Gasteiger partial charge >= 0.3 is 0 Å². The Balaban J connectivity index is 0.983. The van der Waals surface area contributed by atoms with Crippen LogP contribution in [-0.4, -0.2) is 23.0 Å². The third-order valence-electron chi connectivity index (χ3n) is 13.4. The van der Waals surface area contributed by atoms with Crippen LogP contribution in [0.2, 0.25) is 0 Å². The normalized spacial score (nSPS) is 20.2. The van der Waals surface area contributed by atoms with Gasteiger partial charge in [0.05, 0.1) is 0 Å². The molecule has 0 N–H and O–H groups in total. The van der Waals surface area contributed by atoms with Crippen LogP contribution in [0.15, 0.2) is 167 Å². The Morgan fingerprint density at radius 2 is 1.17 bits per heavy atom. The van der Waals surface area contributed by atoms with E-state index in [4.69, 9.17) is 8.83 Å². The fourth-order valence-corrected chi connectivity index (χ4v) is 10.7. The van der Waals surface area contributed by atoms with Gasteiger partial charge in [-0.15, -0.1) is 0 Å². The van der Waals surface area contributed by atoms with Gasteiger partial charge in [0.15, 0.2) is 0 Å². The van der Waals surface area contributed by atoms with Crippen LogP contribution in [-0.2, 0) is 0 Å². The van der Waals surface area contributed by atoms with Gasteiger partial charge in [-0.1, -0.05) is 123 Å². The van der Waals surface area contributed by atoms with Crippen molar-refractivity contribution in [2.24, 2.45) is 0 Å². The summed E-state index contributed by atoms with van der Waals surface area (Å²) in [4.78, 5) is 5.43. The van der Waals surface area contributed by atoms with E-state index in [9.17, 15) is 0 Å². The van der Waals surface area contributed by atoms with E-state index in [0.29, 0.717) is 24.0 Å². The molecule has 2 saturated carbocycles. The molecule has 58 heavy (non-hydrogen) atoms. The highest BCUT2D eigenvalue weighted by Gasteiger charge is 2.36. The number of anilines is 3. The van der Waals surface area contributed by atoms with Gasteiger partial charge in [0.2, 0.25) is 0 Å². The predicted molar refractivity (Wildman–Crippen MR) is 242 cm³/mol. The van der Waals surface area contributed by atoms with E-state index in [2.05, 4.69) is 155 Å². The summed E-state index contributed by atoms with van der Waals surface area (Å²) < 4.78 is 12.7. The molecular formula is C54H50N2O2. The second-order valence-electron chi connectivity index (χ2n) is 16.9. The largest absolute Gasteiger partial charge is 0.456 e. The summed E-state index contributed by atoms with van der Waals surface area (Å²) in [6, 6.07) is 50.3. The van der Waals surface area contributed by atoms with E-state index >= 15 is 0 Å². The Kier molecular flexibility index (Phi) is 9.23. The molecule has 2 aromatic heterocycles. The smallest absolute Gasteiger partial charge is 0.139 e. The van der Waals surface area contributed by atoms with Gasteiger partial charge in [-0.3, -0.25) is 4.90 Å². The molecule has 0 bridgehead atoms. The van der Waals surface area contributed by atoms with Crippen molar-refractivity contribution in [2.75, 3.05) is 4.90 Å². The summed E-state index contributed by atoms with van der Waals surface area (Å²) in [5.74, 6) is 0.530. The highest BCUT2D eigenvalue weighted by Crippen LogP contribution is 2.44. The molecule has 3 atom stereocenters. The van der Waals surface area contributed by atoms with Crippen molar-refractivity contribution in [3.8, 4) is 11.1 Å². The van der Waals surface area contributed by atoms with E-state index < -0.39 is 0 Å². The summed E-state index contributed by atoms with van der Waals surface area (Å²) in [7, 11) is 0. The minimum Gasteiger partial charge on any atom is -0.456 e. The van der Waals surface area contributed by atoms with E-state index in [1.165, 1.54) is 80.2 Å². The van der Waals surface area contributed by atoms with E-state index in [1.54, 1.807) is 0 Å². The number of allylic oxidation sites excluding steroid dienone is 2. The van der Waals surface area contributed by atoms with Crippen LogP contribution in [0.3, 0.4) is 0 Å². The number of para-hydroxylation sites is 1. The summed E-state index contributed by atoms with van der Waals surface area (Å²) in [5.41, 5.74) is 10.8. The van der Waals surface area contributed by atoms with Crippen molar-refractivity contribution < 1.29 is 8.83 Å². The highest BCUT2D eigenvalue weighted by atomic mass is 16.3.